The molecule has 0 N–H and O–H groups in total. The maximum Gasteiger partial charge on any atom is 0.150 e. The molecule has 1 heterocycles. The van der Waals surface area contributed by atoms with E-state index in [9.17, 15) is 4.79 Å². The van der Waals surface area contributed by atoms with Crippen molar-refractivity contribution in [2.45, 2.75) is 19.3 Å². The van der Waals surface area contributed by atoms with Crippen molar-refractivity contribution >= 4 is 41.1 Å². The molecule has 0 aliphatic heterocycles. The molecule has 3 rings (SSSR count). The summed E-state index contributed by atoms with van der Waals surface area (Å²) in [7, 11) is 0. The quantitative estimate of drug-likeness (QED) is 0.476. The van der Waals surface area contributed by atoms with Crippen molar-refractivity contribution in [3.05, 3.63) is 86.9 Å². The Morgan fingerprint density at radius 3 is 2.62 bits per heavy atom. The van der Waals surface area contributed by atoms with Crippen molar-refractivity contribution < 1.29 is 9.53 Å². The van der Waals surface area contributed by atoms with E-state index in [0.717, 1.165) is 17.4 Å². The topological polar surface area (TPSA) is 44.1 Å². The highest BCUT2D eigenvalue weighted by Gasteiger charge is 2.17. The van der Waals surface area contributed by atoms with Crippen LogP contribution in [0.4, 0.5) is 0 Å². The maximum absolute atomic E-state index is 10.8. The third-order valence-electron chi connectivity index (χ3n) is 3.90. The van der Waals surface area contributed by atoms with E-state index in [4.69, 9.17) is 39.5 Å². The molecular formula is C19H15Cl3N2O2. The molecule has 0 spiro atoms. The van der Waals surface area contributed by atoms with Gasteiger partial charge in [-0.3, -0.25) is 4.79 Å². The summed E-state index contributed by atoms with van der Waals surface area (Å²) >= 11 is 18.6. The van der Waals surface area contributed by atoms with E-state index in [1.54, 1.807) is 42.9 Å². The van der Waals surface area contributed by atoms with Crippen LogP contribution in [0.2, 0.25) is 15.1 Å². The molecule has 1 atom stereocenters. The Labute approximate surface area is 166 Å². The summed E-state index contributed by atoms with van der Waals surface area (Å²) in [4.78, 5) is 14.9. The van der Waals surface area contributed by atoms with E-state index in [2.05, 4.69) is 4.98 Å². The van der Waals surface area contributed by atoms with E-state index < -0.39 is 0 Å². The van der Waals surface area contributed by atoms with E-state index in [0.29, 0.717) is 27.2 Å². The molecule has 1 aromatic heterocycles. The summed E-state index contributed by atoms with van der Waals surface area (Å²) in [6.45, 7) is 0.807. The number of halogens is 3. The number of imidazole rings is 1. The predicted molar refractivity (Wildman–Crippen MR) is 103 cm³/mol. The lowest BCUT2D eigenvalue weighted by Crippen LogP contribution is -2.12. The number of aromatic nitrogens is 2. The molecule has 0 aliphatic rings. The predicted octanol–water partition coefficient (Wildman–Crippen LogP) is 5.61. The van der Waals surface area contributed by atoms with Gasteiger partial charge < -0.3 is 9.30 Å². The van der Waals surface area contributed by atoms with Crippen molar-refractivity contribution in [1.82, 2.24) is 9.55 Å². The van der Waals surface area contributed by atoms with Crippen molar-refractivity contribution in [1.29, 1.82) is 0 Å². The molecule has 4 nitrogen and oxygen atoms in total. The minimum absolute atomic E-state index is 0.274. The minimum atomic E-state index is -0.323. The van der Waals surface area contributed by atoms with Crippen molar-refractivity contribution in [2.24, 2.45) is 0 Å². The molecule has 0 fully saturated rings. The van der Waals surface area contributed by atoms with E-state index in [-0.39, 0.29) is 12.7 Å². The number of rotatable bonds is 7. The lowest BCUT2D eigenvalue weighted by Gasteiger charge is -2.21. The zero-order valence-electron chi connectivity index (χ0n) is 13.6. The Balaban J connectivity index is 1.82. The van der Waals surface area contributed by atoms with E-state index in [1.165, 1.54) is 0 Å². The average Bonchev–Trinajstić information content (AvgIpc) is 3.13. The van der Waals surface area contributed by atoms with Crippen LogP contribution in [0.25, 0.3) is 0 Å². The van der Waals surface area contributed by atoms with Crippen LogP contribution in [0.1, 0.15) is 27.6 Å². The zero-order chi connectivity index (χ0) is 18.5. The van der Waals surface area contributed by atoms with Gasteiger partial charge in [0.25, 0.3) is 0 Å². The molecule has 7 heteroatoms. The van der Waals surface area contributed by atoms with Crippen LogP contribution in [0.15, 0.2) is 55.1 Å². The molecule has 0 saturated heterocycles. The number of carbonyl (C=O) groups excluding carboxylic acids is 1. The monoisotopic (exact) mass is 408 g/mol. The Kier molecular flexibility index (Phi) is 6.33. The SMILES string of the molecule is O=Cc1ccc(COC(Cn2ccnc2)c2ccc(Cl)cc2Cl)c(Cl)c1. The van der Waals surface area contributed by atoms with Gasteiger partial charge >= 0.3 is 0 Å². The molecule has 3 aromatic rings. The van der Waals surface area contributed by atoms with Crippen molar-refractivity contribution in [3.63, 3.8) is 0 Å². The number of carbonyl (C=O) groups is 1. The summed E-state index contributed by atoms with van der Waals surface area (Å²) in [5.41, 5.74) is 2.14. The lowest BCUT2D eigenvalue weighted by molar-refractivity contribution is 0.0281. The Morgan fingerprint density at radius 2 is 1.96 bits per heavy atom. The summed E-state index contributed by atoms with van der Waals surface area (Å²) in [6, 6.07) is 10.4. The van der Waals surface area contributed by atoms with Crippen LogP contribution in [0.5, 0.6) is 0 Å². The fourth-order valence-electron chi connectivity index (χ4n) is 2.53. The van der Waals surface area contributed by atoms with E-state index in [1.807, 2.05) is 16.8 Å². The number of ether oxygens (including phenoxy) is 1. The fraction of sp³-hybridized carbons (Fsp3) is 0.158. The molecule has 0 bridgehead atoms. The smallest absolute Gasteiger partial charge is 0.150 e. The van der Waals surface area contributed by atoms with Crippen LogP contribution < -0.4 is 0 Å². The van der Waals surface area contributed by atoms with Crippen LogP contribution in [-0.2, 0) is 17.9 Å². The second-order valence-electron chi connectivity index (χ2n) is 5.69. The second-order valence-corrected chi connectivity index (χ2v) is 6.94. The van der Waals surface area contributed by atoms with Gasteiger partial charge in [0.15, 0.2) is 0 Å². The fourth-order valence-corrected chi connectivity index (χ4v) is 3.31. The van der Waals surface area contributed by atoms with Gasteiger partial charge in [0.05, 0.1) is 19.5 Å². The number of hydrogen-bond acceptors (Lipinski definition) is 3. The highest BCUT2D eigenvalue weighted by Crippen LogP contribution is 2.31. The summed E-state index contributed by atoms with van der Waals surface area (Å²) in [5, 5.41) is 1.58. The lowest BCUT2D eigenvalue weighted by atomic mass is 10.1. The average molecular weight is 410 g/mol. The van der Waals surface area contributed by atoms with Gasteiger partial charge in [0.1, 0.15) is 12.4 Å². The third kappa shape index (κ3) is 4.65. The number of nitrogens with zero attached hydrogens (tertiary/aromatic N) is 2. The van der Waals surface area contributed by atoms with Crippen LogP contribution >= 0.6 is 34.8 Å². The maximum atomic E-state index is 10.8. The van der Waals surface area contributed by atoms with Gasteiger partial charge in [-0.2, -0.15) is 0 Å². The standard InChI is InChI=1S/C19H15Cl3N2O2/c20-15-3-4-16(18(22)8-15)19(9-24-6-5-23-12-24)26-11-14-2-1-13(10-25)7-17(14)21/h1-8,10,12,19H,9,11H2. The Hall–Kier alpha value is -1.85. The zero-order valence-corrected chi connectivity index (χ0v) is 15.9. The van der Waals surface area contributed by atoms with Crippen molar-refractivity contribution in [3.8, 4) is 0 Å². The van der Waals surface area contributed by atoms with Gasteiger partial charge in [-0.15, -0.1) is 0 Å². The number of aldehydes is 1. The van der Waals surface area contributed by atoms with Crippen LogP contribution in [-0.4, -0.2) is 15.8 Å². The second kappa shape index (κ2) is 8.69. The first-order valence-corrected chi connectivity index (χ1v) is 8.96. The first kappa shape index (κ1) is 18.9. The normalized spacial score (nSPS) is 12.1. The van der Waals surface area contributed by atoms with Gasteiger partial charge in [-0.05, 0) is 23.8 Å². The molecule has 0 saturated carbocycles. The molecule has 134 valence electrons. The summed E-state index contributed by atoms with van der Waals surface area (Å²) in [5.74, 6) is 0. The van der Waals surface area contributed by atoms with Gasteiger partial charge in [0.2, 0.25) is 0 Å². The number of benzene rings is 2. The Bertz CT molecular complexity index is 898. The van der Waals surface area contributed by atoms with E-state index >= 15 is 0 Å². The minimum Gasteiger partial charge on any atom is -0.367 e. The molecule has 0 amide bonds. The molecule has 1 unspecified atom stereocenters. The van der Waals surface area contributed by atoms with Crippen LogP contribution in [0.3, 0.4) is 0 Å². The largest absolute Gasteiger partial charge is 0.367 e. The summed E-state index contributed by atoms with van der Waals surface area (Å²) < 4.78 is 8.02. The number of hydrogen-bond donors (Lipinski definition) is 0. The first-order chi connectivity index (χ1) is 12.6. The van der Waals surface area contributed by atoms with Gasteiger partial charge in [-0.1, -0.05) is 53.0 Å². The van der Waals surface area contributed by atoms with Gasteiger partial charge in [0, 0.05) is 38.6 Å². The molecule has 0 aliphatic carbocycles. The third-order valence-corrected chi connectivity index (χ3v) is 4.81. The highest BCUT2D eigenvalue weighted by atomic mass is 35.5. The molecule has 26 heavy (non-hydrogen) atoms. The molecule has 2 aromatic carbocycles. The van der Waals surface area contributed by atoms with Crippen LogP contribution in [0, 0.1) is 0 Å². The summed E-state index contributed by atoms with van der Waals surface area (Å²) in [6.07, 6.45) is 5.70. The first-order valence-electron chi connectivity index (χ1n) is 7.82. The van der Waals surface area contributed by atoms with Gasteiger partial charge in [-0.25, -0.2) is 4.98 Å². The Morgan fingerprint density at radius 1 is 1.12 bits per heavy atom. The van der Waals surface area contributed by atoms with Crippen molar-refractivity contribution in [2.75, 3.05) is 0 Å². The highest BCUT2D eigenvalue weighted by molar-refractivity contribution is 6.35. The molecular weight excluding hydrogens is 395 g/mol. The molecule has 0 radical (unpaired) electrons.